The maximum absolute atomic E-state index is 12.6. The van der Waals surface area contributed by atoms with Gasteiger partial charge in [-0.15, -0.1) is 6.58 Å². The molecule has 0 fully saturated rings. The average molecular weight is 244 g/mol. The van der Waals surface area contributed by atoms with Gasteiger partial charge >= 0.3 is 0 Å². The van der Waals surface area contributed by atoms with Crippen molar-refractivity contribution in [2.24, 2.45) is 0 Å². The van der Waals surface area contributed by atoms with Crippen molar-refractivity contribution in [1.29, 1.82) is 0 Å². The van der Waals surface area contributed by atoms with E-state index in [-0.39, 0.29) is 17.9 Å². The second kappa shape index (κ2) is 5.25. The zero-order chi connectivity index (χ0) is 13.1. The third kappa shape index (κ3) is 2.26. The van der Waals surface area contributed by atoms with Gasteiger partial charge in [-0.3, -0.25) is 4.79 Å². The van der Waals surface area contributed by atoms with Crippen LogP contribution in [0.3, 0.4) is 0 Å². The summed E-state index contributed by atoms with van der Waals surface area (Å²) in [4.78, 5) is 14.5. The molecule has 0 saturated carbocycles. The molecule has 0 spiro atoms. The molecule has 1 N–H and O–H groups in total. The van der Waals surface area contributed by atoms with Crippen LogP contribution in [0.2, 0.25) is 0 Å². The molecule has 1 aliphatic rings. The first-order valence-electron chi connectivity index (χ1n) is 6.39. The Morgan fingerprint density at radius 2 is 2.28 bits per heavy atom. The number of hydrogen-bond acceptors (Lipinski definition) is 2. The highest BCUT2D eigenvalue weighted by atomic mass is 16.2. The van der Waals surface area contributed by atoms with Crippen molar-refractivity contribution >= 4 is 11.6 Å². The van der Waals surface area contributed by atoms with Crippen molar-refractivity contribution in [2.45, 2.75) is 25.8 Å². The summed E-state index contributed by atoms with van der Waals surface area (Å²) in [6.45, 7) is 9.10. The fourth-order valence-electron chi connectivity index (χ4n) is 2.40. The minimum atomic E-state index is -0.0662. The van der Waals surface area contributed by atoms with Crippen molar-refractivity contribution in [3.63, 3.8) is 0 Å². The van der Waals surface area contributed by atoms with Crippen molar-refractivity contribution < 1.29 is 4.79 Å². The summed E-state index contributed by atoms with van der Waals surface area (Å²) in [5, 5.41) is 3.29. The molecule has 1 heterocycles. The lowest BCUT2D eigenvalue weighted by atomic mass is 9.99. The summed E-state index contributed by atoms with van der Waals surface area (Å²) in [6.07, 6.45) is 1.78. The van der Waals surface area contributed by atoms with Crippen molar-refractivity contribution in [2.75, 3.05) is 18.4 Å². The van der Waals surface area contributed by atoms with Crippen LogP contribution in [0.15, 0.2) is 36.9 Å². The number of para-hydroxylation sites is 1. The molecule has 0 saturated heterocycles. The normalized spacial score (nSPS) is 17.2. The van der Waals surface area contributed by atoms with E-state index in [4.69, 9.17) is 0 Å². The largest absolute Gasteiger partial charge is 0.384 e. The average Bonchev–Trinajstić information content (AvgIpc) is 2.78. The van der Waals surface area contributed by atoms with E-state index in [0.717, 1.165) is 11.3 Å². The highest BCUT2D eigenvalue weighted by Crippen LogP contribution is 2.32. The Morgan fingerprint density at radius 1 is 1.56 bits per heavy atom. The van der Waals surface area contributed by atoms with E-state index in [1.54, 1.807) is 6.08 Å². The summed E-state index contributed by atoms with van der Waals surface area (Å²) < 4.78 is 0. The number of carbonyl (C=O) groups is 1. The molecule has 18 heavy (non-hydrogen) atoms. The molecule has 1 aromatic carbocycles. The Kier molecular flexibility index (Phi) is 3.70. The van der Waals surface area contributed by atoms with Gasteiger partial charge in [-0.05, 0) is 25.5 Å². The molecule has 1 aromatic rings. The van der Waals surface area contributed by atoms with Gasteiger partial charge < -0.3 is 10.2 Å². The Hall–Kier alpha value is -1.77. The third-order valence-electron chi connectivity index (χ3n) is 3.36. The number of benzene rings is 1. The number of nitrogens with one attached hydrogen (secondary N) is 1. The van der Waals surface area contributed by atoms with Gasteiger partial charge in [0, 0.05) is 24.8 Å². The molecule has 0 radical (unpaired) electrons. The fourth-order valence-corrected chi connectivity index (χ4v) is 2.40. The van der Waals surface area contributed by atoms with Gasteiger partial charge in [-0.2, -0.15) is 0 Å². The number of anilines is 1. The Morgan fingerprint density at radius 3 is 2.94 bits per heavy atom. The summed E-state index contributed by atoms with van der Waals surface area (Å²) in [5.41, 5.74) is 2.19. The molecular weight excluding hydrogens is 224 g/mol. The molecule has 3 nitrogen and oxygen atoms in total. The first kappa shape index (κ1) is 12.7. The monoisotopic (exact) mass is 244 g/mol. The number of nitrogens with zero attached hydrogens (tertiary/aromatic N) is 1. The maximum atomic E-state index is 12.6. The van der Waals surface area contributed by atoms with Crippen LogP contribution in [-0.2, 0) is 4.79 Å². The molecule has 1 unspecified atom stereocenters. The topological polar surface area (TPSA) is 32.3 Å². The molecule has 1 aliphatic heterocycles. The highest BCUT2D eigenvalue weighted by Gasteiger charge is 2.31. The van der Waals surface area contributed by atoms with Crippen LogP contribution < -0.4 is 5.32 Å². The standard InChI is InChI=1S/C15H20N2O/c1-4-9-17(11(2)3)15(18)13-10-16-14-8-6-5-7-12(13)14/h4-8,11,13,16H,1,9-10H2,2-3H3. The quantitative estimate of drug-likeness (QED) is 0.826. The van der Waals surface area contributed by atoms with Crippen LogP contribution in [0.1, 0.15) is 25.3 Å². The van der Waals surface area contributed by atoms with Gasteiger partial charge in [0.05, 0.1) is 5.92 Å². The van der Waals surface area contributed by atoms with E-state index in [0.29, 0.717) is 13.1 Å². The maximum Gasteiger partial charge on any atom is 0.232 e. The van der Waals surface area contributed by atoms with Crippen LogP contribution >= 0.6 is 0 Å². The lowest BCUT2D eigenvalue weighted by Crippen LogP contribution is -2.40. The molecule has 1 amide bonds. The summed E-state index contributed by atoms with van der Waals surface area (Å²) in [5.74, 6) is 0.117. The lowest BCUT2D eigenvalue weighted by Gasteiger charge is -2.28. The van der Waals surface area contributed by atoms with E-state index in [1.165, 1.54) is 0 Å². The number of fused-ring (bicyclic) bond motifs is 1. The summed E-state index contributed by atoms with van der Waals surface area (Å²) in [6, 6.07) is 8.23. The van der Waals surface area contributed by atoms with Crippen LogP contribution in [0.4, 0.5) is 5.69 Å². The third-order valence-corrected chi connectivity index (χ3v) is 3.36. The van der Waals surface area contributed by atoms with Gasteiger partial charge in [-0.25, -0.2) is 0 Å². The van der Waals surface area contributed by atoms with Gasteiger partial charge in [0.15, 0.2) is 0 Å². The molecule has 96 valence electrons. The molecule has 0 aliphatic carbocycles. The molecular formula is C15H20N2O. The minimum Gasteiger partial charge on any atom is -0.384 e. The van der Waals surface area contributed by atoms with E-state index in [2.05, 4.69) is 11.9 Å². The Balaban J connectivity index is 2.22. The zero-order valence-electron chi connectivity index (χ0n) is 11.0. The second-order valence-electron chi connectivity index (χ2n) is 4.89. The van der Waals surface area contributed by atoms with Crippen LogP contribution in [0.25, 0.3) is 0 Å². The van der Waals surface area contributed by atoms with Crippen LogP contribution in [-0.4, -0.2) is 29.9 Å². The summed E-state index contributed by atoms with van der Waals surface area (Å²) >= 11 is 0. The van der Waals surface area contributed by atoms with Gasteiger partial charge in [0.2, 0.25) is 5.91 Å². The molecule has 2 rings (SSSR count). The lowest BCUT2D eigenvalue weighted by molar-refractivity contribution is -0.133. The number of amides is 1. The van der Waals surface area contributed by atoms with Gasteiger partial charge in [-0.1, -0.05) is 24.3 Å². The Labute approximate surface area is 108 Å². The van der Waals surface area contributed by atoms with Crippen LogP contribution in [0, 0.1) is 0 Å². The van der Waals surface area contributed by atoms with Crippen molar-refractivity contribution in [3.05, 3.63) is 42.5 Å². The smallest absolute Gasteiger partial charge is 0.232 e. The first-order valence-corrected chi connectivity index (χ1v) is 6.39. The van der Waals surface area contributed by atoms with Crippen molar-refractivity contribution in [1.82, 2.24) is 4.90 Å². The number of carbonyl (C=O) groups excluding carboxylic acids is 1. The summed E-state index contributed by atoms with van der Waals surface area (Å²) in [7, 11) is 0. The minimum absolute atomic E-state index is 0.0662. The predicted molar refractivity (Wildman–Crippen MR) is 74.7 cm³/mol. The molecule has 3 heteroatoms. The van der Waals surface area contributed by atoms with E-state index in [9.17, 15) is 4.79 Å². The van der Waals surface area contributed by atoms with Gasteiger partial charge in [0.1, 0.15) is 0 Å². The number of rotatable bonds is 4. The number of hydrogen-bond donors (Lipinski definition) is 1. The van der Waals surface area contributed by atoms with E-state index >= 15 is 0 Å². The Bertz CT molecular complexity index is 454. The second-order valence-corrected chi connectivity index (χ2v) is 4.89. The predicted octanol–water partition coefficient (Wildman–Crippen LogP) is 2.62. The first-order chi connectivity index (χ1) is 8.65. The highest BCUT2D eigenvalue weighted by molar-refractivity contribution is 5.88. The zero-order valence-corrected chi connectivity index (χ0v) is 11.0. The van der Waals surface area contributed by atoms with Crippen molar-refractivity contribution in [3.8, 4) is 0 Å². The van der Waals surface area contributed by atoms with E-state index in [1.807, 2.05) is 43.0 Å². The van der Waals surface area contributed by atoms with Gasteiger partial charge in [0.25, 0.3) is 0 Å². The molecule has 0 bridgehead atoms. The van der Waals surface area contributed by atoms with E-state index < -0.39 is 0 Å². The SMILES string of the molecule is C=CCN(C(=O)C1CNc2ccccc21)C(C)C. The molecule has 0 aromatic heterocycles. The molecule has 1 atom stereocenters. The fraction of sp³-hybridized carbons (Fsp3) is 0.400. The van der Waals surface area contributed by atoms with Crippen LogP contribution in [0.5, 0.6) is 0 Å².